The monoisotopic (exact) mass is 775 g/mol. The van der Waals surface area contributed by atoms with Gasteiger partial charge in [0, 0.05) is 11.3 Å². The minimum absolute atomic E-state index is 0. The summed E-state index contributed by atoms with van der Waals surface area (Å²) < 4.78 is 0. The fraction of sp³-hybridized carbons (Fsp3) is 0.310. The van der Waals surface area contributed by atoms with Gasteiger partial charge in [-0.1, -0.05) is 141 Å². The molecule has 1 aromatic heterocycles. The minimum atomic E-state index is 0. The summed E-state index contributed by atoms with van der Waals surface area (Å²) in [6.07, 6.45) is 2.05. The maximum absolute atomic E-state index is 5.44. The average Bonchev–Trinajstić information content (AvgIpc) is 3.38. The molecule has 1 unspecified atom stereocenters. The van der Waals surface area contributed by atoms with Crippen LogP contribution in [0.5, 0.6) is 0 Å². The number of nitrogens with zero attached hydrogens (tertiary/aromatic N) is 3. The molecule has 4 aromatic carbocycles. The van der Waals surface area contributed by atoms with Crippen molar-refractivity contribution in [3.05, 3.63) is 149 Å². The molecule has 0 N–H and O–H groups in total. The SMILES string of the molecule is Cc1cc(C)c([N-]C2CCc3cc4ccccc4c(-c4cccc(C[N-]c5c(C(C)C)cccc5C(C)C)n4)c32)c(C)c1.[CH3-].[CH3-].[Hf+4]. The van der Waals surface area contributed by atoms with Gasteiger partial charge in [0.2, 0.25) is 0 Å². The van der Waals surface area contributed by atoms with Gasteiger partial charge in [0.1, 0.15) is 0 Å². The smallest absolute Gasteiger partial charge is 0.679 e. The summed E-state index contributed by atoms with van der Waals surface area (Å²) >= 11 is 0. The van der Waals surface area contributed by atoms with Gasteiger partial charge in [-0.15, -0.1) is 11.4 Å². The third kappa shape index (κ3) is 7.33. The van der Waals surface area contributed by atoms with Crippen LogP contribution < -0.4 is 0 Å². The maximum atomic E-state index is 5.44. The Labute approximate surface area is 297 Å². The quantitative estimate of drug-likeness (QED) is 0.114. The van der Waals surface area contributed by atoms with Crippen LogP contribution in [0.3, 0.4) is 0 Å². The number of pyridine rings is 1. The predicted octanol–water partition coefficient (Wildman–Crippen LogP) is 12.9. The van der Waals surface area contributed by atoms with Crippen molar-refractivity contribution in [2.45, 2.75) is 85.7 Å². The second kappa shape index (κ2) is 15.6. The Bertz CT molecular complexity index is 1750. The van der Waals surface area contributed by atoms with Gasteiger partial charge in [-0.3, -0.25) is 4.98 Å². The number of hydrogen-bond donors (Lipinski definition) is 0. The summed E-state index contributed by atoms with van der Waals surface area (Å²) in [7, 11) is 0. The Morgan fingerprint density at radius 2 is 1.39 bits per heavy atom. The number of para-hydroxylation sites is 1. The van der Waals surface area contributed by atoms with E-state index in [0.29, 0.717) is 18.4 Å². The van der Waals surface area contributed by atoms with E-state index in [4.69, 9.17) is 15.6 Å². The Hall–Kier alpha value is -3.24. The van der Waals surface area contributed by atoms with Crippen LogP contribution in [0.4, 0.5) is 11.4 Å². The molecule has 236 valence electrons. The topological polar surface area (TPSA) is 41.1 Å². The predicted molar refractivity (Wildman–Crippen MR) is 196 cm³/mol. The normalized spacial score (nSPS) is 13.5. The second-order valence-electron chi connectivity index (χ2n) is 12.9. The summed E-state index contributed by atoms with van der Waals surface area (Å²) in [5.74, 6) is 0.827. The molecule has 0 aliphatic heterocycles. The molecule has 3 nitrogen and oxygen atoms in total. The van der Waals surface area contributed by atoms with Crippen molar-refractivity contribution < 1.29 is 25.8 Å². The maximum Gasteiger partial charge on any atom is 4.00 e. The van der Waals surface area contributed by atoms with Crippen LogP contribution in [0.1, 0.15) is 96.6 Å². The van der Waals surface area contributed by atoms with Crippen molar-refractivity contribution in [2.75, 3.05) is 0 Å². The van der Waals surface area contributed by atoms with E-state index in [1.807, 2.05) is 0 Å². The number of aryl methyl sites for hydroxylation is 4. The largest absolute Gasteiger partial charge is 4.00 e. The Kier molecular flexibility index (Phi) is 12.6. The first-order chi connectivity index (χ1) is 20.7. The van der Waals surface area contributed by atoms with E-state index in [2.05, 4.69) is 127 Å². The minimum Gasteiger partial charge on any atom is -0.679 e. The molecule has 1 heterocycles. The first kappa shape index (κ1) is 37.2. The summed E-state index contributed by atoms with van der Waals surface area (Å²) in [4.78, 5) is 5.29. The molecule has 0 spiro atoms. The van der Waals surface area contributed by atoms with Gasteiger partial charge >= 0.3 is 25.8 Å². The van der Waals surface area contributed by atoms with Crippen molar-refractivity contribution in [1.29, 1.82) is 0 Å². The molecular formula is C42H49HfN3. The van der Waals surface area contributed by atoms with Crippen LogP contribution in [0.2, 0.25) is 0 Å². The first-order valence-electron chi connectivity index (χ1n) is 15.8. The zero-order valence-electron chi connectivity index (χ0n) is 29.2. The van der Waals surface area contributed by atoms with E-state index >= 15 is 0 Å². The molecule has 1 atom stereocenters. The summed E-state index contributed by atoms with van der Waals surface area (Å²) in [6, 6.07) is 28.8. The summed E-state index contributed by atoms with van der Waals surface area (Å²) in [5, 5.41) is 13.2. The van der Waals surface area contributed by atoms with Gasteiger partial charge in [0.15, 0.2) is 0 Å². The summed E-state index contributed by atoms with van der Waals surface area (Å²) in [5.41, 5.74) is 14.6. The van der Waals surface area contributed by atoms with Crippen LogP contribution in [-0.4, -0.2) is 4.98 Å². The molecule has 0 fully saturated rings. The van der Waals surface area contributed by atoms with Crippen LogP contribution in [0, 0.1) is 35.6 Å². The molecule has 4 heteroatoms. The van der Waals surface area contributed by atoms with E-state index < -0.39 is 0 Å². The van der Waals surface area contributed by atoms with Crippen molar-refractivity contribution >= 4 is 22.1 Å². The molecule has 0 bridgehead atoms. The van der Waals surface area contributed by atoms with E-state index in [1.54, 1.807) is 0 Å². The van der Waals surface area contributed by atoms with Gasteiger partial charge in [0.05, 0.1) is 5.69 Å². The third-order valence-electron chi connectivity index (χ3n) is 8.92. The molecule has 0 radical (unpaired) electrons. The molecule has 0 saturated carbocycles. The summed E-state index contributed by atoms with van der Waals surface area (Å²) in [6.45, 7) is 16.1. The van der Waals surface area contributed by atoms with Gasteiger partial charge in [-0.2, -0.15) is 0 Å². The molecule has 1 aliphatic carbocycles. The van der Waals surface area contributed by atoms with E-state index in [0.717, 1.165) is 35.6 Å². The number of aromatic nitrogens is 1. The first-order valence-corrected chi connectivity index (χ1v) is 15.8. The van der Waals surface area contributed by atoms with E-state index in [1.165, 1.54) is 55.3 Å². The van der Waals surface area contributed by atoms with Gasteiger partial charge in [-0.25, -0.2) is 0 Å². The van der Waals surface area contributed by atoms with Gasteiger partial charge in [-0.05, 0) is 73.1 Å². The van der Waals surface area contributed by atoms with Gasteiger partial charge in [0.25, 0.3) is 0 Å². The second-order valence-corrected chi connectivity index (χ2v) is 12.9. The van der Waals surface area contributed by atoms with Crippen molar-refractivity contribution in [1.82, 2.24) is 4.98 Å². The molecule has 5 aromatic rings. The zero-order valence-corrected chi connectivity index (χ0v) is 32.8. The Morgan fingerprint density at radius 3 is 2.04 bits per heavy atom. The molecular weight excluding hydrogens is 725 g/mol. The Morgan fingerprint density at radius 1 is 0.761 bits per heavy atom. The third-order valence-corrected chi connectivity index (χ3v) is 8.92. The van der Waals surface area contributed by atoms with Crippen molar-refractivity contribution in [3.8, 4) is 11.3 Å². The van der Waals surface area contributed by atoms with Crippen LogP contribution >= 0.6 is 0 Å². The van der Waals surface area contributed by atoms with E-state index in [-0.39, 0.29) is 46.7 Å². The van der Waals surface area contributed by atoms with Crippen LogP contribution in [-0.2, 0) is 38.8 Å². The van der Waals surface area contributed by atoms with Crippen LogP contribution in [0.25, 0.3) is 32.7 Å². The molecule has 46 heavy (non-hydrogen) atoms. The number of benzene rings is 4. The molecule has 0 saturated heterocycles. The van der Waals surface area contributed by atoms with E-state index in [9.17, 15) is 0 Å². The number of hydrogen-bond acceptors (Lipinski definition) is 1. The van der Waals surface area contributed by atoms with Crippen molar-refractivity contribution in [3.63, 3.8) is 0 Å². The number of fused-ring (bicyclic) bond motifs is 2. The number of rotatable bonds is 8. The fourth-order valence-electron chi connectivity index (χ4n) is 6.94. The zero-order chi connectivity index (χ0) is 30.2. The van der Waals surface area contributed by atoms with Crippen LogP contribution in [0.15, 0.2) is 78.9 Å². The Balaban J connectivity index is 0.00000192. The standard InChI is InChI=1S/C40H43N3.2CH3.Hf/c1-24(2)32-15-11-16-33(25(3)4)40(32)41-23-31-13-10-17-35(42-31)38-34-14-9-8-12-29(34)22-30-18-19-36(37(30)38)43-39-27(6)20-26(5)21-28(39)7;;;/h8-17,20-22,24-25,36H,18-19,23H2,1-7H3;2*1H3;/q-2;2*-1;+4. The molecule has 1 aliphatic rings. The fourth-order valence-corrected chi connectivity index (χ4v) is 6.94. The molecule has 6 rings (SSSR count). The van der Waals surface area contributed by atoms with Gasteiger partial charge < -0.3 is 25.5 Å². The average molecular weight is 774 g/mol. The van der Waals surface area contributed by atoms with Crippen molar-refractivity contribution in [2.24, 2.45) is 0 Å². The molecule has 0 amide bonds.